The normalized spacial score (nSPS) is 17.1. The molecule has 3 rings (SSSR count). The van der Waals surface area contributed by atoms with Crippen LogP contribution in [-0.2, 0) is 12.0 Å². The minimum atomic E-state index is -0.381. The van der Waals surface area contributed by atoms with Crippen molar-refractivity contribution < 1.29 is 9.21 Å². The monoisotopic (exact) mass is 338 g/mol. The van der Waals surface area contributed by atoms with Gasteiger partial charge < -0.3 is 14.6 Å². The Morgan fingerprint density at radius 1 is 1.28 bits per heavy atom. The van der Waals surface area contributed by atoms with Gasteiger partial charge in [-0.05, 0) is 29.8 Å². The van der Waals surface area contributed by atoms with Crippen LogP contribution in [-0.4, -0.2) is 19.3 Å². The molecule has 1 aliphatic heterocycles. The summed E-state index contributed by atoms with van der Waals surface area (Å²) in [7, 11) is 2.04. The summed E-state index contributed by atoms with van der Waals surface area (Å²) in [5.74, 6) is 0.688. The number of para-hydroxylation sites is 1. The number of rotatable bonds is 4. The average molecular weight is 338 g/mol. The number of allylic oxidation sites excluding steroid dienone is 2. The van der Waals surface area contributed by atoms with E-state index in [2.05, 4.69) is 52.8 Å². The standard InChI is InChI=1S/C19H22N4O2/c1-19(2)15-8-4-5-9-16(15)23(3)17(19)10-11-21-22-18(24)20-13-14-7-6-12-25-14/h4-12H,13H2,1-3H3,(H2,20,22,24)/b17-10+,21-11?. The van der Waals surface area contributed by atoms with Crippen LogP contribution in [0.5, 0.6) is 0 Å². The predicted molar refractivity (Wildman–Crippen MR) is 98.5 cm³/mol. The molecular weight excluding hydrogens is 316 g/mol. The van der Waals surface area contributed by atoms with E-state index in [1.54, 1.807) is 24.6 Å². The van der Waals surface area contributed by atoms with E-state index in [1.165, 1.54) is 11.3 Å². The number of amides is 2. The zero-order valence-corrected chi connectivity index (χ0v) is 14.6. The lowest BCUT2D eigenvalue weighted by molar-refractivity contribution is 0.240. The molecule has 0 saturated carbocycles. The Balaban J connectivity index is 1.60. The number of hydrazone groups is 1. The van der Waals surface area contributed by atoms with Crippen molar-refractivity contribution in [3.63, 3.8) is 0 Å². The molecule has 6 heteroatoms. The minimum Gasteiger partial charge on any atom is -0.467 e. The van der Waals surface area contributed by atoms with Gasteiger partial charge in [0.1, 0.15) is 5.76 Å². The highest BCUT2D eigenvalue weighted by Gasteiger charge is 2.37. The summed E-state index contributed by atoms with van der Waals surface area (Å²) in [5.41, 5.74) is 5.93. The van der Waals surface area contributed by atoms with Crippen LogP contribution in [0.25, 0.3) is 0 Å². The van der Waals surface area contributed by atoms with Crippen molar-refractivity contribution in [3.05, 3.63) is 65.8 Å². The van der Waals surface area contributed by atoms with E-state index >= 15 is 0 Å². The second-order valence-electron chi connectivity index (χ2n) is 6.41. The SMILES string of the molecule is CN1/C(=C/C=NNC(=O)NCc2ccco2)C(C)(C)c2ccccc21. The fourth-order valence-electron chi connectivity index (χ4n) is 3.13. The van der Waals surface area contributed by atoms with Gasteiger partial charge in [0.2, 0.25) is 0 Å². The van der Waals surface area contributed by atoms with Gasteiger partial charge in [-0.1, -0.05) is 32.0 Å². The summed E-state index contributed by atoms with van der Waals surface area (Å²) in [6, 6.07) is 11.5. The summed E-state index contributed by atoms with van der Waals surface area (Å²) >= 11 is 0. The van der Waals surface area contributed by atoms with Gasteiger partial charge >= 0.3 is 6.03 Å². The molecular formula is C19H22N4O2. The van der Waals surface area contributed by atoms with Crippen LogP contribution in [0.15, 0.2) is 64.0 Å². The molecule has 1 aliphatic rings. The lowest BCUT2D eigenvalue weighted by Crippen LogP contribution is -2.31. The first-order valence-electron chi connectivity index (χ1n) is 8.13. The lowest BCUT2D eigenvalue weighted by Gasteiger charge is -2.23. The maximum atomic E-state index is 11.7. The third-order valence-corrected chi connectivity index (χ3v) is 4.42. The number of likely N-dealkylation sites (N-methyl/N-ethyl adjacent to an activating group) is 1. The topological polar surface area (TPSA) is 69.9 Å². The Hall–Kier alpha value is -3.02. The van der Waals surface area contributed by atoms with Crippen LogP contribution in [0, 0.1) is 0 Å². The van der Waals surface area contributed by atoms with Crippen LogP contribution in [0.4, 0.5) is 10.5 Å². The fraction of sp³-hybridized carbons (Fsp3) is 0.263. The zero-order chi connectivity index (χ0) is 17.9. The minimum absolute atomic E-state index is 0.112. The zero-order valence-electron chi connectivity index (χ0n) is 14.6. The number of nitrogens with zero attached hydrogens (tertiary/aromatic N) is 2. The molecule has 25 heavy (non-hydrogen) atoms. The molecule has 0 atom stereocenters. The fourth-order valence-corrected chi connectivity index (χ4v) is 3.13. The molecule has 2 aromatic rings. The Morgan fingerprint density at radius 2 is 2.08 bits per heavy atom. The van der Waals surface area contributed by atoms with Gasteiger partial charge in [-0.25, -0.2) is 10.2 Å². The number of hydrogen-bond acceptors (Lipinski definition) is 4. The highest BCUT2D eigenvalue weighted by atomic mass is 16.3. The van der Waals surface area contributed by atoms with Crippen LogP contribution < -0.4 is 15.6 Å². The van der Waals surface area contributed by atoms with E-state index in [9.17, 15) is 4.79 Å². The number of benzene rings is 1. The molecule has 1 aromatic carbocycles. The summed E-state index contributed by atoms with van der Waals surface area (Å²) in [5, 5.41) is 6.64. The Labute approximate surface area is 147 Å². The van der Waals surface area contributed by atoms with Gasteiger partial charge in [0.25, 0.3) is 0 Å². The summed E-state index contributed by atoms with van der Waals surface area (Å²) < 4.78 is 5.15. The van der Waals surface area contributed by atoms with E-state index < -0.39 is 0 Å². The van der Waals surface area contributed by atoms with Gasteiger partial charge in [0, 0.05) is 30.1 Å². The average Bonchev–Trinajstić information content (AvgIpc) is 3.18. The second-order valence-corrected chi connectivity index (χ2v) is 6.41. The van der Waals surface area contributed by atoms with E-state index in [1.807, 2.05) is 19.2 Å². The third kappa shape index (κ3) is 3.42. The summed E-state index contributed by atoms with van der Waals surface area (Å²) in [6.45, 7) is 4.68. The molecule has 0 radical (unpaired) electrons. The molecule has 0 unspecified atom stereocenters. The summed E-state index contributed by atoms with van der Waals surface area (Å²) in [4.78, 5) is 13.8. The van der Waals surface area contributed by atoms with E-state index in [-0.39, 0.29) is 11.4 Å². The molecule has 2 amide bonds. The first-order chi connectivity index (χ1) is 12.0. The number of nitrogens with one attached hydrogen (secondary N) is 2. The second kappa shape index (κ2) is 6.84. The van der Waals surface area contributed by atoms with Crippen molar-refractivity contribution in [2.75, 3.05) is 11.9 Å². The molecule has 0 spiro atoms. The largest absolute Gasteiger partial charge is 0.467 e. The molecule has 130 valence electrons. The van der Waals surface area contributed by atoms with Crippen molar-refractivity contribution in [1.82, 2.24) is 10.7 Å². The number of hydrogen-bond donors (Lipinski definition) is 2. The lowest BCUT2D eigenvalue weighted by atomic mass is 9.84. The molecule has 0 aliphatic carbocycles. The first kappa shape index (κ1) is 16.8. The Kier molecular flexibility index (Phi) is 4.61. The van der Waals surface area contributed by atoms with Gasteiger partial charge in [0.15, 0.2) is 0 Å². The van der Waals surface area contributed by atoms with Crippen molar-refractivity contribution in [1.29, 1.82) is 0 Å². The van der Waals surface area contributed by atoms with E-state index in [0.29, 0.717) is 12.3 Å². The van der Waals surface area contributed by atoms with Crippen molar-refractivity contribution in [3.8, 4) is 0 Å². The van der Waals surface area contributed by atoms with E-state index in [4.69, 9.17) is 4.42 Å². The molecule has 6 nitrogen and oxygen atoms in total. The number of carbonyl (C=O) groups excluding carboxylic acids is 1. The van der Waals surface area contributed by atoms with Gasteiger partial charge in [-0.2, -0.15) is 5.10 Å². The maximum absolute atomic E-state index is 11.7. The number of fused-ring (bicyclic) bond motifs is 1. The smallest absolute Gasteiger partial charge is 0.335 e. The van der Waals surface area contributed by atoms with Crippen LogP contribution in [0.3, 0.4) is 0 Å². The van der Waals surface area contributed by atoms with Crippen LogP contribution >= 0.6 is 0 Å². The molecule has 0 saturated heterocycles. The van der Waals surface area contributed by atoms with Crippen LogP contribution in [0.2, 0.25) is 0 Å². The van der Waals surface area contributed by atoms with Crippen LogP contribution in [0.1, 0.15) is 25.2 Å². The maximum Gasteiger partial charge on any atom is 0.335 e. The quantitative estimate of drug-likeness (QED) is 0.663. The van der Waals surface area contributed by atoms with E-state index in [0.717, 1.165) is 5.70 Å². The van der Waals surface area contributed by atoms with Crippen molar-refractivity contribution in [2.45, 2.75) is 25.8 Å². The third-order valence-electron chi connectivity index (χ3n) is 4.42. The van der Waals surface area contributed by atoms with Crippen molar-refractivity contribution in [2.24, 2.45) is 5.10 Å². The molecule has 0 fully saturated rings. The number of anilines is 1. The first-order valence-corrected chi connectivity index (χ1v) is 8.13. The highest BCUT2D eigenvalue weighted by molar-refractivity contribution is 5.81. The molecule has 0 bridgehead atoms. The predicted octanol–water partition coefficient (Wildman–Crippen LogP) is 3.38. The van der Waals surface area contributed by atoms with Gasteiger partial charge in [-0.3, -0.25) is 0 Å². The summed E-state index contributed by atoms with van der Waals surface area (Å²) in [6.07, 6.45) is 5.09. The van der Waals surface area contributed by atoms with Crippen molar-refractivity contribution >= 4 is 17.9 Å². The Bertz CT molecular complexity index is 807. The number of urea groups is 1. The van der Waals surface area contributed by atoms with Gasteiger partial charge in [0.05, 0.1) is 12.8 Å². The number of carbonyl (C=O) groups is 1. The number of furan rings is 1. The van der Waals surface area contributed by atoms with Gasteiger partial charge in [-0.15, -0.1) is 0 Å². The molecule has 2 N–H and O–H groups in total. The molecule has 2 heterocycles. The Morgan fingerprint density at radius 3 is 2.80 bits per heavy atom. The highest BCUT2D eigenvalue weighted by Crippen LogP contribution is 2.46. The molecule has 1 aromatic heterocycles.